The molecule has 0 saturated heterocycles. The molecule has 2 rings (SSSR count). The van der Waals surface area contributed by atoms with E-state index in [4.69, 9.17) is 11.6 Å². The Hall–Kier alpha value is -1.66. The molecule has 0 aliphatic heterocycles. The van der Waals surface area contributed by atoms with Gasteiger partial charge in [0, 0.05) is 0 Å². The Kier molecular flexibility index (Phi) is 3.96. The van der Waals surface area contributed by atoms with E-state index >= 15 is 0 Å². The summed E-state index contributed by atoms with van der Waals surface area (Å²) >= 11 is 5.58. The van der Waals surface area contributed by atoms with Gasteiger partial charge >= 0.3 is 0 Å². The number of rotatable bonds is 3. The van der Waals surface area contributed by atoms with E-state index in [1.54, 1.807) is 0 Å². The van der Waals surface area contributed by atoms with Crippen molar-refractivity contribution in [2.75, 3.05) is 4.72 Å². The van der Waals surface area contributed by atoms with Crippen LogP contribution in [-0.2, 0) is 10.0 Å². The van der Waals surface area contributed by atoms with Crippen molar-refractivity contribution in [3.8, 4) is 0 Å². The maximum absolute atomic E-state index is 13.1. The smallest absolute Gasteiger partial charge is 0.261 e. The third-order valence-corrected chi connectivity index (χ3v) is 4.28. The first-order chi connectivity index (χ1) is 9.29. The van der Waals surface area contributed by atoms with Crippen molar-refractivity contribution in [2.45, 2.75) is 11.8 Å². The third kappa shape index (κ3) is 3.08. The fourth-order valence-corrected chi connectivity index (χ4v) is 2.87. The Bertz CT molecular complexity index is 763. The highest BCUT2D eigenvalue weighted by molar-refractivity contribution is 7.92. The predicted octanol–water partition coefficient (Wildman–Crippen LogP) is 3.73. The average Bonchev–Trinajstić information content (AvgIpc) is 2.37. The highest BCUT2D eigenvalue weighted by atomic mass is 35.5. The minimum atomic E-state index is -3.88. The molecule has 2 aromatic rings. The number of nitrogens with one attached hydrogen (secondary N) is 1. The first kappa shape index (κ1) is 14.7. The van der Waals surface area contributed by atoms with E-state index in [9.17, 15) is 17.2 Å². The van der Waals surface area contributed by atoms with Crippen molar-refractivity contribution in [1.82, 2.24) is 0 Å². The molecule has 1 N–H and O–H groups in total. The molecule has 7 heteroatoms. The summed E-state index contributed by atoms with van der Waals surface area (Å²) in [4.78, 5) is -0.0863. The van der Waals surface area contributed by atoms with Gasteiger partial charge in [-0.2, -0.15) is 0 Å². The van der Waals surface area contributed by atoms with E-state index in [0.717, 1.165) is 24.3 Å². The maximum Gasteiger partial charge on any atom is 0.261 e. The maximum atomic E-state index is 13.1. The lowest BCUT2D eigenvalue weighted by Crippen LogP contribution is -2.13. The van der Waals surface area contributed by atoms with Crippen LogP contribution in [-0.4, -0.2) is 8.42 Å². The van der Waals surface area contributed by atoms with Gasteiger partial charge in [-0.1, -0.05) is 11.6 Å². The zero-order valence-electron chi connectivity index (χ0n) is 10.3. The molecule has 0 fully saturated rings. The van der Waals surface area contributed by atoms with Gasteiger partial charge < -0.3 is 0 Å². The molecular formula is C13H10ClF2NO2S. The SMILES string of the molecule is Cc1cc(S(=O)(=O)Nc2ccc(F)c(Cl)c2)ccc1F. The van der Waals surface area contributed by atoms with Gasteiger partial charge in [-0.15, -0.1) is 0 Å². The quantitative estimate of drug-likeness (QED) is 0.937. The van der Waals surface area contributed by atoms with Crippen LogP contribution in [0.3, 0.4) is 0 Å². The molecular weight excluding hydrogens is 308 g/mol. The first-order valence-electron chi connectivity index (χ1n) is 5.53. The summed E-state index contributed by atoms with van der Waals surface area (Å²) in [7, 11) is -3.88. The molecule has 0 saturated carbocycles. The largest absolute Gasteiger partial charge is 0.280 e. The molecule has 0 atom stereocenters. The third-order valence-electron chi connectivity index (χ3n) is 2.61. The Balaban J connectivity index is 2.35. The van der Waals surface area contributed by atoms with Crippen LogP contribution in [0.15, 0.2) is 41.3 Å². The Morgan fingerprint density at radius 1 is 1.05 bits per heavy atom. The molecule has 3 nitrogen and oxygen atoms in total. The molecule has 0 heterocycles. The van der Waals surface area contributed by atoms with Crippen molar-refractivity contribution in [2.24, 2.45) is 0 Å². The van der Waals surface area contributed by atoms with Crippen LogP contribution in [0, 0.1) is 18.6 Å². The van der Waals surface area contributed by atoms with Gasteiger partial charge in [0.2, 0.25) is 0 Å². The zero-order valence-corrected chi connectivity index (χ0v) is 11.9. The van der Waals surface area contributed by atoms with Gasteiger partial charge in [0.15, 0.2) is 0 Å². The normalized spacial score (nSPS) is 11.4. The summed E-state index contributed by atoms with van der Waals surface area (Å²) in [6.45, 7) is 1.46. The highest BCUT2D eigenvalue weighted by Crippen LogP contribution is 2.22. The highest BCUT2D eigenvalue weighted by Gasteiger charge is 2.16. The summed E-state index contributed by atoms with van der Waals surface area (Å²) in [5.41, 5.74) is 0.336. The summed E-state index contributed by atoms with van der Waals surface area (Å²) in [5, 5.41) is -0.194. The van der Waals surface area contributed by atoms with Gasteiger partial charge in [-0.05, 0) is 48.9 Å². The zero-order chi connectivity index (χ0) is 14.9. The van der Waals surface area contributed by atoms with Crippen LogP contribution < -0.4 is 4.72 Å². The summed E-state index contributed by atoms with van der Waals surface area (Å²) in [6, 6.07) is 6.89. The van der Waals surface area contributed by atoms with E-state index < -0.39 is 21.7 Å². The lowest BCUT2D eigenvalue weighted by molar-refractivity contribution is 0.598. The molecule has 20 heavy (non-hydrogen) atoms. The van der Waals surface area contributed by atoms with Crippen molar-refractivity contribution in [1.29, 1.82) is 0 Å². The average molecular weight is 318 g/mol. The second kappa shape index (κ2) is 5.38. The van der Waals surface area contributed by atoms with Crippen LogP contribution in [0.1, 0.15) is 5.56 Å². The lowest BCUT2D eigenvalue weighted by atomic mass is 10.2. The molecule has 0 radical (unpaired) electrons. The molecule has 2 aromatic carbocycles. The van der Waals surface area contributed by atoms with Crippen molar-refractivity contribution >= 4 is 27.3 Å². The predicted molar refractivity (Wildman–Crippen MR) is 73.4 cm³/mol. The van der Waals surface area contributed by atoms with Crippen molar-refractivity contribution in [3.63, 3.8) is 0 Å². The molecule has 0 aliphatic rings. The van der Waals surface area contributed by atoms with E-state index in [2.05, 4.69) is 4.72 Å². The number of hydrogen-bond acceptors (Lipinski definition) is 2. The van der Waals surface area contributed by atoms with Crippen LogP contribution in [0.4, 0.5) is 14.5 Å². The van der Waals surface area contributed by atoms with Crippen LogP contribution in [0.2, 0.25) is 5.02 Å². The number of benzene rings is 2. The van der Waals surface area contributed by atoms with E-state index in [-0.39, 0.29) is 21.2 Å². The lowest BCUT2D eigenvalue weighted by Gasteiger charge is -2.09. The summed E-state index contributed by atoms with van der Waals surface area (Å²) in [5.74, 6) is -1.14. The van der Waals surface area contributed by atoms with Gasteiger partial charge in [0.05, 0.1) is 15.6 Å². The minimum absolute atomic E-state index is 0.0863. The van der Waals surface area contributed by atoms with Crippen LogP contribution in [0.5, 0.6) is 0 Å². The molecule has 0 spiro atoms. The molecule has 106 valence electrons. The number of sulfonamides is 1. The first-order valence-corrected chi connectivity index (χ1v) is 7.40. The molecule has 0 aromatic heterocycles. The van der Waals surface area contributed by atoms with E-state index in [0.29, 0.717) is 0 Å². The molecule has 0 bridgehead atoms. The van der Waals surface area contributed by atoms with Gasteiger partial charge in [-0.25, -0.2) is 17.2 Å². The Morgan fingerprint density at radius 2 is 1.70 bits per heavy atom. The van der Waals surface area contributed by atoms with Gasteiger partial charge in [0.25, 0.3) is 10.0 Å². The standard InChI is InChI=1S/C13H10ClF2NO2S/c1-8-6-10(3-5-12(8)15)20(18,19)17-9-2-4-13(16)11(14)7-9/h2-7,17H,1H3. The monoisotopic (exact) mass is 317 g/mol. The Morgan fingerprint density at radius 3 is 2.30 bits per heavy atom. The van der Waals surface area contributed by atoms with Crippen molar-refractivity contribution < 1.29 is 17.2 Å². The van der Waals surface area contributed by atoms with E-state index in [1.165, 1.54) is 19.1 Å². The van der Waals surface area contributed by atoms with Gasteiger partial charge in [0.1, 0.15) is 11.6 Å². The molecule has 0 aliphatic carbocycles. The number of halogens is 3. The fraction of sp³-hybridized carbons (Fsp3) is 0.0769. The second-order valence-corrected chi connectivity index (χ2v) is 6.23. The van der Waals surface area contributed by atoms with Crippen LogP contribution >= 0.6 is 11.6 Å². The van der Waals surface area contributed by atoms with Crippen molar-refractivity contribution in [3.05, 3.63) is 58.6 Å². The summed E-state index contributed by atoms with van der Waals surface area (Å²) < 4.78 is 52.6. The molecule has 0 amide bonds. The molecule has 0 unspecified atom stereocenters. The fourth-order valence-electron chi connectivity index (χ4n) is 1.56. The minimum Gasteiger partial charge on any atom is -0.280 e. The summed E-state index contributed by atoms with van der Waals surface area (Å²) in [6.07, 6.45) is 0. The van der Waals surface area contributed by atoms with E-state index in [1.807, 2.05) is 0 Å². The van der Waals surface area contributed by atoms with Gasteiger partial charge in [-0.3, -0.25) is 4.72 Å². The topological polar surface area (TPSA) is 46.2 Å². The number of aryl methyl sites for hydroxylation is 1. The number of anilines is 1. The van der Waals surface area contributed by atoms with Crippen LogP contribution in [0.25, 0.3) is 0 Å². The number of hydrogen-bond donors (Lipinski definition) is 1. The second-order valence-electron chi connectivity index (χ2n) is 4.15. The Labute approximate surface area is 120 Å².